The molecular formula is C14H21N3O2. The molecule has 0 bridgehead atoms. The summed E-state index contributed by atoms with van der Waals surface area (Å²) in [6.45, 7) is 6.02. The van der Waals surface area contributed by atoms with Gasteiger partial charge in [-0.2, -0.15) is 0 Å². The number of benzene rings is 1. The van der Waals surface area contributed by atoms with Crippen molar-refractivity contribution in [2.45, 2.75) is 39.4 Å². The maximum Gasteiger partial charge on any atom is 0.249 e. The van der Waals surface area contributed by atoms with Gasteiger partial charge in [-0.15, -0.1) is 0 Å². The number of carbonyl (C=O) groups is 2. The van der Waals surface area contributed by atoms with E-state index >= 15 is 0 Å². The summed E-state index contributed by atoms with van der Waals surface area (Å²) in [7, 11) is 0. The zero-order valence-electron chi connectivity index (χ0n) is 11.6. The van der Waals surface area contributed by atoms with E-state index in [1.807, 2.05) is 26.0 Å². The van der Waals surface area contributed by atoms with Crippen molar-refractivity contribution in [2.75, 3.05) is 0 Å². The second-order valence-electron chi connectivity index (χ2n) is 4.79. The highest BCUT2D eigenvalue weighted by Crippen LogP contribution is 2.07. The summed E-state index contributed by atoms with van der Waals surface area (Å²) in [6.07, 6.45) is 0. The van der Waals surface area contributed by atoms with Crippen LogP contribution in [0, 0.1) is 0 Å². The molecule has 19 heavy (non-hydrogen) atoms. The van der Waals surface area contributed by atoms with Gasteiger partial charge in [-0.1, -0.05) is 18.2 Å². The van der Waals surface area contributed by atoms with Crippen molar-refractivity contribution < 1.29 is 9.59 Å². The lowest BCUT2D eigenvalue weighted by molar-refractivity contribution is -0.123. The summed E-state index contributed by atoms with van der Waals surface area (Å²) in [6, 6.07) is 6.87. The molecule has 0 fully saturated rings. The average molecular weight is 263 g/mol. The van der Waals surface area contributed by atoms with E-state index < -0.39 is 5.91 Å². The second kappa shape index (κ2) is 6.89. The van der Waals surface area contributed by atoms with Gasteiger partial charge < -0.3 is 16.4 Å². The molecule has 5 heteroatoms. The minimum atomic E-state index is -0.461. The van der Waals surface area contributed by atoms with Crippen molar-refractivity contribution in [3.8, 4) is 0 Å². The van der Waals surface area contributed by atoms with Crippen LogP contribution in [0.25, 0.3) is 0 Å². The molecule has 0 aliphatic heterocycles. The molecule has 0 aliphatic rings. The fraction of sp³-hybridized carbons (Fsp3) is 0.429. The topological polar surface area (TPSA) is 84.2 Å². The van der Waals surface area contributed by atoms with Gasteiger partial charge in [0, 0.05) is 18.2 Å². The molecule has 1 rings (SSSR count). The Morgan fingerprint density at radius 2 is 1.84 bits per heavy atom. The number of primary amides is 1. The summed E-state index contributed by atoms with van der Waals surface area (Å²) in [5.74, 6) is -0.525. The molecule has 0 aromatic heterocycles. The molecule has 0 aliphatic carbocycles. The van der Waals surface area contributed by atoms with E-state index in [1.165, 1.54) is 0 Å². The number of rotatable bonds is 6. The van der Waals surface area contributed by atoms with Gasteiger partial charge in [-0.05, 0) is 32.4 Å². The lowest BCUT2D eigenvalue weighted by Gasteiger charge is -2.16. The molecule has 1 unspecified atom stereocenters. The van der Waals surface area contributed by atoms with Crippen molar-refractivity contribution in [3.63, 3.8) is 0 Å². The summed E-state index contributed by atoms with van der Waals surface area (Å²) in [4.78, 5) is 23.0. The minimum Gasteiger partial charge on any atom is -0.366 e. The first-order chi connectivity index (χ1) is 8.91. The molecule has 0 saturated heterocycles. The number of nitrogens with one attached hydrogen (secondary N) is 2. The Bertz CT molecular complexity index is 458. The zero-order valence-corrected chi connectivity index (χ0v) is 11.6. The summed E-state index contributed by atoms with van der Waals surface area (Å²) in [5, 5.41) is 5.90. The van der Waals surface area contributed by atoms with Gasteiger partial charge in [0.25, 0.3) is 0 Å². The van der Waals surface area contributed by atoms with Crippen molar-refractivity contribution in [3.05, 3.63) is 35.4 Å². The number of hydrogen-bond donors (Lipinski definition) is 3. The van der Waals surface area contributed by atoms with Crippen LogP contribution in [0.1, 0.15) is 36.7 Å². The Balaban J connectivity index is 2.62. The van der Waals surface area contributed by atoms with Crippen LogP contribution in [0.15, 0.2) is 24.3 Å². The summed E-state index contributed by atoms with van der Waals surface area (Å²) < 4.78 is 0. The van der Waals surface area contributed by atoms with Crippen molar-refractivity contribution in [1.82, 2.24) is 10.6 Å². The monoisotopic (exact) mass is 263 g/mol. The standard InChI is InChI=1S/C14H21N3O2/c1-9(2)17-14(19)10(3)16-8-11-6-4-5-7-12(11)13(15)18/h4-7,9-10,16H,8H2,1-3H3,(H2,15,18)(H,17,19). The fourth-order valence-corrected chi connectivity index (χ4v) is 1.68. The van der Waals surface area contributed by atoms with Gasteiger partial charge >= 0.3 is 0 Å². The summed E-state index contributed by atoms with van der Waals surface area (Å²) in [5.41, 5.74) is 6.57. The molecule has 1 atom stereocenters. The third kappa shape index (κ3) is 4.71. The molecule has 2 amide bonds. The van der Waals surface area contributed by atoms with Gasteiger partial charge in [0.1, 0.15) is 0 Å². The highest BCUT2D eigenvalue weighted by Gasteiger charge is 2.14. The molecule has 0 heterocycles. The third-order valence-corrected chi connectivity index (χ3v) is 2.71. The van der Waals surface area contributed by atoms with Crippen LogP contribution < -0.4 is 16.4 Å². The largest absolute Gasteiger partial charge is 0.366 e. The Kier molecular flexibility index (Phi) is 5.51. The fourth-order valence-electron chi connectivity index (χ4n) is 1.68. The van der Waals surface area contributed by atoms with Gasteiger partial charge in [-0.3, -0.25) is 9.59 Å². The van der Waals surface area contributed by atoms with E-state index in [4.69, 9.17) is 5.73 Å². The molecule has 5 nitrogen and oxygen atoms in total. The Morgan fingerprint density at radius 3 is 2.42 bits per heavy atom. The number of carbonyl (C=O) groups excluding carboxylic acids is 2. The molecule has 1 aromatic carbocycles. The van der Waals surface area contributed by atoms with Gasteiger partial charge in [-0.25, -0.2) is 0 Å². The predicted molar refractivity (Wildman–Crippen MR) is 74.5 cm³/mol. The molecule has 104 valence electrons. The van der Waals surface area contributed by atoms with Crippen LogP contribution in [-0.4, -0.2) is 23.9 Å². The Morgan fingerprint density at radius 1 is 1.21 bits per heavy atom. The Labute approximate surface area is 113 Å². The normalized spacial score (nSPS) is 12.2. The van der Waals surface area contributed by atoms with Crippen molar-refractivity contribution in [2.24, 2.45) is 5.73 Å². The zero-order chi connectivity index (χ0) is 14.4. The SMILES string of the molecule is CC(C)NC(=O)C(C)NCc1ccccc1C(N)=O. The molecule has 1 aromatic rings. The Hall–Kier alpha value is -1.88. The van der Waals surface area contributed by atoms with Crippen LogP contribution in [0.2, 0.25) is 0 Å². The number of nitrogens with two attached hydrogens (primary N) is 1. The van der Waals surface area contributed by atoms with E-state index in [1.54, 1.807) is 19.1 Å². The molecular weight excluding hydrogens is 242 g/mol. The number of hydrogen-bond acceptors (Lipinski definition) is 3. The van der Waals surface area contributed by atoms with E-state index in [9.17, 15) is 9.59 Å². The van der Waals surface area contributed by atoms with Crippen molar-refractivity contribution in [1.29, 1.82) is 0 Å². The van der Waals surface area contributed by atoms with Crippen LogP contribution in [0.4, 0.5) is 0 Å². The quantitative estimate of drug-likeness (QED) is 0.709. The molecule has 0 spiro atoms. The van der Waals surface area contributed by atoms with Crippen LogP contribution in [-0.2, 0) is 11.3 Å². The second-order valence-corrected chi connectivity index (χ2v) is 4.79. The van der Waals surface area contributed by atoms with E-state index in [-0.39, 0.29) is 18.0 Å². The first kappa shape index (κ1) is 15.2. The maximum absolute atomic E-state index is 11.7. The third-order valence-electron chi connectivity index (χ3n) is 2.71. The van der Waals surface area contributed by atoms with Crippen LogP contribution >= 0.6 is 0 Å². The van der Waals surface area contributed by atoms with Gasteiger partial charge in [0.15, 0.2) is 0 Å². The molecule has 4 N–H and O–H groups in total. The molecule has 0 radical (unpaired) electrons. The first-order valence-electron chi connectivity index (χ1n) is 6.33. The smallest absolute Gasteiger partial charge is 0.249 e. The lowest BCUT2D eigenvalue weighted by atomic mass is 10.1. The minimum absolute atomic E-state index is 0.0634. The summed E-state index contributed by atoms with van der Waals surface area (Å²) >= 11 is 0. The van der Waals surface area contributed by atoms with E-state index in [0.29, 0.717) is 12.1 Å². The van der Waals surface area contributed by atoms with Crippen molar-refractivity contribution >= 4 is 11.8 Å². The van der Waals surface area contributed by atoms with Gasteiger partial charge in [0.2, 0.25) is 11.8 Å². The number of amides is 2. The highest BCUT2D eigenvalue weighted by molar-refractivity contribution is 5.94. The van der Waals surface area contributed by atoms with E-state index in [2.05, 4.69) is 10.6 Å². The predicted octanol–water partition coefficient (Wildman–Crippen LogP) is 0.788. The maximum atomic E-state index is 11.7. The van der Waals surface area contributed by atoms with Gasteiger partial charge in [0.05, 0.1) is 6.04 Å². The lowest BCUT2D eigenvalue weighted by Crippen LogP contribution is -2.44. The van der Waals surface area contributed by atoms with E-state index in [0.717, 1.165) is 5.56 Å². The highest BCUT2D eigenvalue weighted by atomic mass is 16.2. The van der Waals surface area contributed by atoms with Crippen LogP contribution in [0.3, 0.4) is 0 Å². The van der Waals surface area contributed by atoms with Crippen LogP contribution in [0.5, 0.6) is 0 Å². The average Bonchev–Trinajstić information content (AvgIpc) is 2.35. The molecule has 0 saturated carbocycles. The first-order valence-corrected chi connectivity index (χ1v) is 6.33.